The number of carbonyl (C=O) groups is 1. The fourth-order valence-corrected chi connectivity index (χ4v) is 2.29. The van der Waals surface area contributed by atoms with Crippen LogP contribution in [-0.4, -0.2) is 44.9 Å². The molecule has 1 aromatic rings. The number of amides is 1. The van der Waals surface area contributed by atoms with Crippen LogP contribution in [0.5, 0.6) is 0 Å². The van der Waals surface area contributed by atoms with Gasteiger partial charge in [0.15, 0.2) is 0 Å². The molecule has 1 fully saturated rings. The van der Waals surface area contributed by atoms with Gasteiger partial charge >= 0.3 is 0 Å². The molecule has 0 aliphatic carbocycles. The third kappa shape index (κ3) is 2.41. The van der Waals surface area contributed by atoms with Crippen LogP contribution in [0, 0.1) is 5.92 Å². The highest BCUT2D eigenvalue weighted by Gasteiger charge is 2.29. The Morgan fingerprint density at radius 3 is 2.89 bits per heavy atom. The van der Waals surface area contributed by atoms with Gasteiger partial charge in [-0.3, -0.25) is 9.48 Å². The average molecular weight is 251 g/mol. The minimum absolute atomic E-state index is 0.0318. The molecule has 18 heavy (non-hydrogen) atoms. The maximum atomic E-state index is 12.4. The van der Waals surface area contributed by atoms with Crippen LogP contribution in [-0.2, 0) is 13.5 Å². The summed E-state index contributed by atoms with van der Waals surface area (Å²) in [7, 11) is 1.79. The van der Waals surface area contributed by atoms with Crippen molar-refractivity contribution >= 4 is 5.91 Å². The van der Waals surface area contributed by atoms with Crippen molar-refractivity contribution in [1.29, 1.82) is 0 Å². The number of aryl methyl sites for hydroxylation is 2. The van der Waals surface area contributed by atoms with Crippen molar-refractivity contribution in [1.82, 2.24) is 14.7 Å². The van der Waals surface area contributed by atoms with Gasteiger partial charge in [0.25, 0.3) is 5.91 Å². The third-order valence-electron chi connectivity index (χ3n) is 3.72. The van der Waals surface area contributed by atoms with Crippen molar-refractivity contribution in [3.05, 3.63) is 17.5 Å². The number of aliphatic hydroxyl groups is 1. The predicted molar refractivity (Wildman–Crippen MR) is 68.3 cm³/mol. The van der Waals surface area contributed by atoms with Crippen LogP contribution >= 0.6 is 0 Å². The van der Waals surface area contributed by atoms with Gasteiger partial charge in [-0.15, -0.1) is 0 Å². The van der Waals surface area contributed by atoms with Crippen LogP contribution in [0.2, 0.25) is 0 Å². The second-order valence-corrected chi connectivity index (χ2v) is 5.08. The van der Waals surface area contributed by atoms with Crippen LogP contribution in [0.3, 0.4) is 0 Å². The van der Waals surface area contributed by atoms with E-state index in [0.29, 0.717) is 18.8 Å². The molecule has 1 aliphatic heterocycles. The van der Waals surface area contributed by atoms with E-state index >= 15 is 0 Å². The van der Waals surface area contributed by atoms with Gasteiger partial charge in [-0.05, 0) is 24.8 Å². The first-order chi connectivity index (χ1) is 8.52. The van der Waals surface area contributed by atoms with Crippen molar-refractivity contribution < 1.29 is 9.90 Å². The molecule has 1 saturated heterocycles. The summed E-state index contributed by atoms with van der Waals surface area (Å²) in [6.07, 6.45) is 1.26. The highest BCUT2D eigenvalue weighted by atomic mass is 16.3. The molecule has 0 radical (unpaired) electrons. The van der Waals surface area contributed by atoms with Gasteiger partial charge in [0.2, 0.25) is 0 Å². The van der Waals surface area contributed by atoms with E-state index in [9.17, 15) is 9.90 Å². The minimum atomic E-state index is -0.415. The minimum Gasteiger partial charge on any atom is -0.391 e. The van der Waals surface area contributed by atoms with Gasteiger partial charge in [-0.2, -0.15) is 5.10 Å². The molecule has 1 N–H and O–H groups in total. The van der Waals surface area contributed by atoms with Gasteiger partial charge in [0.1, 0.15) is 5.69 Å². The Kier molecular flexibility index (Phi) is 3.71. The summed E-state index contributed by atoms with van der Waals surface area (Å²) < 4.78 is 1.63. The van der Waals surface area contributed by atoms with E-state index < -0.39 is 6.10 Å². The zero-order valence-corrected chi connectivity index (χ0v) is 11.3. The van der Waals surface area contributed by atoms with E-state index in [1.807, 2.05) is 19.9 Å². The normalized spacial score (nSPS) is 24.3. The molecular formula is C13H21N3O2. The quantitative estimate of drug-likeness (QED) is 0.847. The summed E-state index contributed by atoms with van der Waals surface area (Å²) in [6.45, 7) is 5.17. The van der Waals surface area contributed by atoms with Crippen molar-refractivity contribution in [2.45, 2.75) is 32.8 Å². The monoisotopic (exact) mass is 251 g/mol. The zero-order chi connectivity index (χ0) is 13.3. The molecule has 1 aliphatic rings. The summed E-state index contributed by atoms with van der Waals surface area (Å²) in [6, 6.07) is 1.84. The number of likely N-dealkylation sites (tertiary alicyclic amines) is 1. The Balaban J connectivity index is 2.13. The number of rotatable bonds is 2. The Hall–Kier alpha value is -1.36. The molecule has 2 unspecified atom stereocenters. The average Bonchev–Trinajstić information content (AvgIpc) is 2.73. The number of hydrogen-bond acceptors (Lipinski definition) is 3. The first-order valence-electron chi connectivity index (χ1n) is 6.53. The number of piperidine rings is 1. The van der Waals surface area contributed by atoms with Crippen LogP contribution < -0.4 is 0 Å². The Morgan fingerprint density at radius 2 is 2.33 bits per heavy atom. The second kappa shape index (κ2) is 5.10. The van der Waals surface area contributed by atoms with E-state index in [4.69, 9.17) is 0 Å². The molecule has 0 bridgehead atoms. The number of nitrogens with zero attached hydrogens (tertiary/aromatic N) is 3. The predicted octanol–water partition coefficient (Wildman–Crippen LogP) is 0.825. The lowest BCUT2D eigenvalue weighted by atomic mass is 9.96. The molecule has 2 heterocycles. The lowest BCUT2D eigenvalue weighted by Crippen LogP contribution is -2.46. The van der Waals surface area contributed by atoms with Gasteiger partial charge in [0, 0.05) is 20.1 Å². The highest BCUT2D eigenvalue weighted by molar-refractivity contribution is 5.92. The Morgan fingerprint density at radius 1 is 1.61 bits per heavy atom. The van der Waals surface area contributed by atoms with Crippen molar-refractivity contribution in [2.75, 3.05) is 13.1 Å². The summed E-state index contributed by atoms with van der Waals surface area (Å²) in [5, 5.41) is 14.1. The van der Waals surface area contributed by atoms with E-state index in [2.05, 4.69) is 5.10 Å². The first-order valence-corrected chi connectivity index (χ1v) is 6.53. The van der Waals surface area contributed by atoms with Crippen LogP contribution in [0.25, 0.3) is 0 Å². The van der Waals surface area contributed by atoms with E-state index in [1.54, 1.807) is 16.6 Å². The second-order valence-electron chi connectivity index (χ2n) is 5.08. The first kappa shape index (κ1) is 13.1. The number of β-amino-alcohol motifs (C(OH)–C–C–N with tert-alkyl or cyclic N) is 1. The molecule has 0 spiro atoms. The van der Waals surface area contributed by atoms with E-state index in [1.165, 1.54) is 0 Å². The van der Waals surface area contributed by atoms with Crippen molar-refractivity contribution in [3.8, 4) is 0 Å². The SMILES string of the molecule is CCc1cc(C(=O)N2CCC(C)C(O)C2)n(C)n1. The molecule has 1 aromatic heterocycles. The number of hydrogen-bond donors (Lipinski definition) is 1. The molecule has 100 valence electrons. The molecule has 5 heteroatoms. The van der Waals surface area contributed by atoms with Gasteiger partial charge < -0.3 is 10.0 Å². The molecule has 1 amide bonds. The lowest BCUT2D eigenvalue weighted by Gasteiger charge is -2.34. The zero-order valence-electron chi connectivity index (χ0n) is 11.3. The van der Waals surface area contributed by atoms with Crippen LogP contribution in [0.15, 0.2) is 6.07 Å². The largest absolute Gasteiger partial charge is 0.391 e. The summed E-state index contributed by atoms with van der Waals surface area (Å²) >= 11 is 0. The van der Waals surface area contributed by atoms with Gasteiger partial charge in [-0.25, -0.2) is 0 Å². The molecule has 2 atom stereocenters. The third-order valence-corrected chi connectivity index (χ3v) is 3.72. The maximum absolute atomic E-state index is 12.4. The van der Waals surface area contributed by atoms with Crippen molar-refractivity contribution in [3.63, 3.8) is 0 Å². The van der Waals surface area contributed by atoms with Gasteiger partial charge in [-0.1, -0.05) is 13.8 Å². The molecule has 0 aromatic carbocycles. The summed E-state index contributed by atoms with van der Waals surface area (Å²) in [5.74, 6) is 0.238. The smallest absolute Gasteiger partial charge is 0.272 e. The fraction of sp³-hybridized carbons (Fsp3) is 0.692. The summed E-state index contributed by atoms with van der Waals surface area (Å²) in [5.41, 5.74) is 1.53. The maximum Gasteiger partial charge on any atom is 0.272 e. The van der Waals surface area contributed by atoms with Crippen molar-refractivity contribution in [2.24, 2.45) is 13.0 Å². The lowest BCUT2D eigenvalue weighted by molar-refractivity contribution is 0.0242. The molecule has 5 nitrogen and oxygen atoms in total. The highest BCUT2D eigenvalue weighted by Crippen LogP contribution is 2.19. The molecule has 0 saturated carbocycles. The Labute approximate surface area is 107 Å². The summed E-state index contributed by atoms with van der Waals surface area (Å²) in [4.78, 5) is 14.1. The van der Waals surface area contributed by atoms with Crippen LogP contribution in [0.4, 0.5) is 0 Å². The fourth-order valence-electron chi connectivity index (χ4n) is 2.29. The number of aromatic nitrogens is 2. The van der Waals surface area contributed by atoms with E-state index in [0.717, 1.165) is 18.5 Å². The topological polar surface area (TPSA) is 58.4 Å². The Bertz CT molecular complexity index is 441. The molecular weight excluding hydrogens is 230 g/mol. The van der Waals surface area contributed by atoms with E-state index in [-0.39, 0.29) is 11.8 Å². The van der Waals surface area contributed by atoms with Gasteiger partial charge in [0.05, 0.1) is 11.8 Å². The van der Waals surface area contributed by atoms with Crippen LogP contribution in [0.1, 0.15) is 36.5 Å². The standard InChI is InChI=1S/C13H21N3O2/c1-4-10-7-11(15(3)14-10)13(18)16-6-5-9(2)12(17)8-16/h7,9,12,17H,4-6,8H2,1-3H3. The molecule has 2 rings (SSSR count). The number of aliphatic hydroxyl groups excluding tert-OH is 1. The number of carbonyl (C=O) groups excluding carboxylic acids is 1.